The van der Waals surface area contributed by atoms with Crippen LogP contribution in [0.15, 0.2) is 0 Å². The van der Waals surface area contributed by atoms with Gasteiger partial charge in [0.1, 0.15) is 54.3 Å². The number of carbonyl (C=O) groups excluding carboxylic acids is 8. The highest BCUT2D eigenvalue weighted by atomic mass is 16.7. The predicted molar refractivity (Wildman–Crippen MR) is 337 cm³/mol. The summed E-state index contributed by atoms with van der Waals surface area (Å²) in [5.41, 5.74) is -1.40. The molecule has 8 amide bonds. The highest BCUT2D eigenvalue weighted by Crippen LogP contribution is 2.25. The van der Waals surface area contributed by atoms with Gasteiger partial charge in [0.25, 0.3) is 0 Å². The average molecular weight is 1380 g/mol. The van der Waals surface area contributed by atoms with E-state index in [1.807, 2.05) is 0 Å². The van der Waals surface area contributed by atoms with E-state index in [1.54, 1.807) is 0 Å². The molecule has 3 aliphatic heterocycles. The van der Waals surface area contributed by atoms with Crippen LogP contribution in [0.2, 0.25) is 0 Å². The molecule has 0 unspecified atom stereocenters. The Morgan fingerprint density at radius 3 is 1.15 bits per heavy atom. The van der Waals surface area contributed by atoms with Gasteiger partial charge in [0.15, 0.2) is 18.9 Å². The fourth-order valence-corrected chi connectivity index (χ4v) is 9.99. The van der Waals surface area contributed by atoms with Crippen molar-refractivity contribution in [1.82, 2.24) is 42.5 Å². The van der Waals surface area contributed by atoms with Crippen molar-refractivity contribution in [2.75, 3.05) is 119 Å². The molecule has 0 bridgehead atoms. The molecule has 0 saturated carbocycles. The standard InChI is InChI=1S/C62H108N8O26/c1-3-4-14-53(83)70-62(38-88-30-18-50(80)66-24-11-21-63-47(77)15-5-8-27-91-54-33-42(75)57(84)44(35-71)94-54,39-89-31-19-51(81)67-25-12-22-64-48(78)16-6-9-28-92-55-34-43(76)58(85)45(36-72)95-55)40-90-32-20-52(82)68-26-13-23-65-49(79)17-7-10-29-93-61-56(69-41(2)74)60(87)59(86)46(37-73)96-61/h1,42-46,54-61,71-73,75-76,84-87H,4-40H2,2H3,(H,63,77)(H,64,78)(H,65,79)(H,66,80)(H,67,81)(H,68,82)(H,69,74)(H,70,83)/t42-,43-,44-,45-,46-,54-,55-,56-,57-,58-,59+,60-,61-/m1/s1. The second-order valence-electron chi connectivity index (χ2n) is 23.7. The first-order valence-electron chi connectivity index (χ1n) is 33.2. The van der Waals surface area contributed by atoms with Crippen molar-refractivity contribution in [3.8, 4) is 12.3 Å². The number of amides is 8. The number of unbranched alkanes of at least 4 members (excludes halogenated alkanes) is 3. The van der Waals surface area contributed by atoms with Crippen molar-refractivity contribution in [3.05, 3.63) is 0 Å². The van der Waals surface area contributed by atoms with Crippen LogP contribution >= 0.6 is 0 Å². The van der Waals surface area contributed by atoms with Crippen LogP contribution in [0.4, 0.5) is 0 Å². The van der Waals surface area contributed by atoms with Gasteiger partial charge in [-0.2, -0.15) is 0 Å². The maximum Gasteiger partial charge on any atom is 0.222 e. The van der Waals surface area contributed by atoms with Crippen LogP contribution in [0, 0.1) is 12.3 Å². The second kappa shape index (κ2) is 50.0. The van der Waals surface area contributed by atoms with Crippen molar-refractivity contribution in [2.45, 2.75) is 214 Å². The summed E-state index contributed by atoms with van der Waals surface area (Å²) in [4.78, 5) is 101. The Morgan fingerprint density at radius 1 is 0.438 bits per heavy atom. The normalized spacial score (nSPS) is 24.2. The van der Waals surface area contributed by atoms with Gasteiger partial charge >= 0.3 is 0 Å². The van der Waals surface area contributed by atoms with E-state index in [2.05, 4.69) is 48.5 Å². The predicted octanol–water partition coefficient (Wildman–Crippen LogP) is -5.50. The van der Waals surface area contributed by atoms with Crippen LogP contribution in [0.3, 0.4) is 0 Å². The van der Waals surface area contributed by atoms with Gasteiger partial charge < -0.3 is 131 Å². The molecule has 0 aliphatic carbocycles. The fraction of sp³-hybridized carbons (Fsp3) is 0.839. The van der Waals surface area contributed by atoms with Crippen molar-refractivity contribution in [2.24, 2.45) is 0 Å². The van der Waals surface area contributed by atoms with Crippen molar-refractivity contribution < 1.29 is 127 Å². The lowest BCUT2D eigenvalue weighted by Crippen LogP contribution is -2.64. The molecule has 0 aromatic carbocycles. The zero-order valence-corrected chi connectivity index (χ0v) is 55.2. The van der Waals surface area contributed by atoms with Gasteiger partial charge in [0.05, 0.1) is 71.7 Å². The third kappa shape index (κ3) is 35.9. The lowest BCUT2D eigenvalue weighted by atomic mass is 9.97. The van der Waals surface area contributed by atoms with Crippen LogP contribution in [-0.2, 0) is 81.0 Å². The number of hydrogen-bond donors (Lipinski definition) is 17. The number of rotatable bonds is 52. The summed E-state index contributed by atoms with van der Waals surface area (Å²) in [5.74, 6) is -0.229. The summed E-state index contributed by atoms with van der Waals surface area (Å²) >= 11 is 0. The SMILES string of the molecule is C#CCCC(=O)NC(COCCC(=O)NCCCNC(=O)CCCCO[C@H]1C[C@@H](O)[C@@H](O)[C@@H](CO)O1)(COCCC(=O)NCCCNC(=O)CCCCO[C@H]1C[C@@H](O)[C@@H](O)[C@@H](CO)O1)COCCC(=O)NCCCNC(=O)CCCCO[C@@H]1O[C@H](CO)[C@H](O)[C@H](O)[C@H]1NC(C)=O. The molecule has 3 fully saturated rings. The molecule has 17 N–H and O–H groups in total. The van der Waals surface area contributed by atoms with Crippen molar-refractivity contribution >= 4 is 47.3 Å². The molecule has 13 atom stereocenters. The van der Waals surface area contributed by atoms with Gasteiger partial charge in [-0.25, -0.2) is 0 Å². The Morgan fingerprint density at radius 2 is 0.792 bits per heavy atom. The molecular weight excluding hydrogens is 1270 g/mol. The number of aliphatic hydroxyl groups excluding tert-OH is 9. The smallest absolute Gasteiger partial charge is 0.222 e. The third-order valence-electron chi connectivity index (χ3n) is 15.4. The Kier molecular flexibility index (Phi) is 44.2. The molecular formula is C62H108N8O26. The molecule has 0 radical (unpaired) electrons. The zero-order chi connectivity index (χ0) is 70.5. The van der Waals surface area contributed by atoms with E-state index in [0.29, 0.717) is 70.9 Å². The number of aliphatic hydroxyl groups is 9. The molecule has 96 heavy (non-hydrogen) atoms. The minimum absolute atomic E-state index is 0.0498. The van der Waals surface area contributed by atoms with E-state index in [9.17, 15) is 84.3 Å². The number of carbonyl (C=O) groups is 8. The maximum absolute atomic E-state index is 13.3. The third-order valence-corrected chi connectivity index (χ3v) is 15.4. The Hall–Kier alpha value is -5.40. The van der Waals surface area contributed by atoms with E-state index < -0.39 is 117 Å². The minimum Gasteiger partial charge on any atom is -0.394 e. The second-order valence-corrected chi connectivity index (χ2v) is 23.7. The summed E-state index contributed by atoms with van der Waals surface area (Å²) in [6.45, 7) is 0.824. The monoisotopic (exact) mass is 1380 g/mol. The minimum atomic E-state index is -1.45. The topological polar surface area (TPSA) is 498 Å². The van der Waals surface area contributed by atoms with Gasteiger partial charge in [-0.1, -0.05) is 0 Å². The Bertz CT molecular complexity index is 2210. The van der Waals surface area contributed by atoms with E-state index in [1.165, 1.54) is 6.92 Å². The largest absolute Gasteiger partial charge is 0.394 e. The van der Waals surface area contributed by atoms with Crippen molar-refractivity contribution in [1.29, 1.82) is 0 Å². The van der Waals surface area contributed by atoms with Gasteiger partial charge in [-0.05, 0) is 57.8 Å². The van der Waals surface area contributed by atoms with E-state index >= 15 is 0 Å². The van der Waals surface area contributed by atoms with Gasteiger partial charge in [-0.3, -0.25) is 38.4 Å². The molecule has 0 aromatic rings. The molecule has 34 heteroatoms. The summed E-state index contributed by atoms with van der Waals surface area (Å²) in [6, 6.07) is -1.08. The van der Waals surface area contributed by atoms with Crippen LogP contribution in [0.25, 0.3) is 0 Å². The highest BCUT2D eigenvalue weighted by Gasteiger charge is 2.45. The maximum atomic E-state index is 13.3. The van der Waals surface area contributed by atoms with Crippen LogP contribution in [-0.4, -0.2) is 297 Å². The molecule has 552 valence electrons. The molecule has 0 spiro atoms. The summed E-state index contributed by atoms with van der Waals surface area (Å²) in [5, 5.41) is 111. The Balaban J connectivity index is 1.42. The first-order valence-corrected chi connectivity index (χ1v) is 33.2. The summed E-state index contributed by atoms with van der Waals surface area (Å²) in [6.07, 6.45) is -3.16. The van der Waals surface area contributed by atoms with E-state index in [0.717, 1.165) is 0 Å². The average Bonchev–Trinajstić information content (AvgIpc) is 0.854. The van der Waals surface area contributed by atoms with Gasteiger partial charge in [0, 0.05) is 130 Å². The van der Waals surface area contributed by atoms with Gasteiger partial charge in [-0.15, -0.1) is 12.3 Å². The number of nitrogens with one attached hydrogen (secondary N) is 8. The van der Waals surface area contributed by atoms with Crippen LogP contribution in [0.1, 0.15) is 129 Å². The number of terminal acetylenes is 1. The molecule has 0 aromatic heterocycles. The lowest BCUT2D eigenvalue weighted by molar-refractivity contribution is -0.270. The van der Waals surface area contributed by atoms with E-state index in [4.69, 9.17) is 49.1 Å². The van der Waals surface area contributed by atoms with E-state index in [-0.39, 0.29) is 185 Å². The molecule has 3 aliphatic rings. The number of ether oxygens (including phenoxy) is 9. The fourth-order valence-electron chi connectivity index (χ4n) is 9.99. The molecule has 3 heterocycles. The highest BCUT2D eigenvalue weighted by molar-refractivity contribution is 5.79. The summed E-state index contributed by atoms with van der Waals surface area (Å²) < 4.78 is 51.2. The lowest BCUT2D eigenvalue weighted by Gasteiger charge is -2.42. The summed E-state index contributed by atoms with van der Waals surface area (Å²) in [7, 11) is 0. The first-order chi connectivity index (χ1) is 46.1. The first kappa shape index (κ1) is 84.8. The Labute approximate surface area is 560 Å². The molecule has 34 nitrogen and oxygen atoms in total. The quantitative estimate of drug-likeness (QED) is 0.0200. The molecule has 3 saturated heterocycles. The van der Waals surface area contributed by atoms with Crippen molar-refractivity contribution in [3.63, 3.8) is 0 Å². The number of hydrogen-bond acceptors (Lipinski definition) is 26. The van der Waals surface area contributed by atoms with Crippen LogP contribution in [0.5, 0.6) is 0 Å². The van der Waals surface area contributed by atoms with Crippen LogP contribution < -0.4 is 42.5 Å². The zero-order valence-electron chi connectivity index (χ0n) is 55.2. The van der Waals surface area contributed by atoms with Gasteiger partial charge in [0.2, 0.25) is 47.3 Å². The molecule has 3 rings (SSSR count).